The van der Waals surface area contributed by atoms with Gasteiger partial charge in [0.25, 0.3) is 0 Å². The van der Waals surface area contributed by atoms with E-state index in [1.54, 1.807) is 12.3 Å². The third-order valence-corrected chi connectivity index (χ3v) is 14.5. The van der Waals surface area contributed by atoms with Gasteiger partial charge >= 0.3 is 0 Å². The molecule has 2 atom stereocenters. The van der Waals surface area contributed by atoms with Gasteiger partial charge in [-0.05, 0) is 92.5 Å². The molecule has 7 aromatic carbocycles. The van der Waals surface area contributed by atoms with E-state index >= 15 is 0 Å². The Labute approximate surface area is 460 Å². The van der Waals surface area contributed by atoms with Crippen LogP contribution in [0.15, 0.2) is 152 Å². The van der Waals surface area contributed by atoms with Crippen molar-refractivity contribution < 1.29 is 39.5 Å². The zero-order chi connectivity index (χ0) is 59.1. The normalized spacial score (nSPS) is 19.9. The molecule has 0 radical (unpaired) electrons. The van der Waals surface area contributed by atoms with Crippen LogP contribution in [0.25, 0.3) is 55.1 Å². The molecule has 2 bridgehead atoms. The summed E-state index contributed by atoms with van der Waals surface area (Å²) >= 11 is 0. The van der Waals surface area contributed by atoms with E-state index < -0.39 is 48.0 Å². The molecule has 0 unspecified atom stereocenters. The number of aromatic nitrogens is 3. The van der Waals surface area contributed by atoms with Gasteiger partial charge in [0.05, 0.1) is 28.7 Å². The number of hydrogen-bond acceptors (Lipinski definition) is 2. The van der Waals surface area contributed by atoms with E-state index in [9.17, 15) is 2.74 Å². The molecule has 0 spiro atoms. The van der Waals surface area contributed by atoms with E-state index in [0.717, 1.165) is 44.6 Å². The van der Waals surface area contributed by atoms with E-state index in [-0.39, 0.29) is 71.2 Å². The van der Waals surface area contributed by atoms with Gasteiger partial charge in [0, 0.05) is 92.9 Å². The van der Waals surface area contributed by atoms with Crippen LogP contribution in [0.3, 0.4) is 0 Å². The molecule has 10 aromatic rings. The Morgan fingerprint density at radius 2 is 1.25 bits per heavy atom. The first-order valence-electron chi connectivity index (χ1n) is 29.8. The minimum atomic E-state index is -1.69. The molecule has 0 saturated carbocycles. The summed E-state index contributed by atoms with van der Waals surface area (Å²) in [4.78, 5) is 4.92. The molecule has 13 rings (SSSR count). The number of nitrogens with zero attached hydrogens (tertiary/aromatic N) is 5. The Morgan fingerprint density at radius 3 is 1.89 bits per heavy atom. The smallest absolute Gasteiger partial charge is 0.184 e. The zero-order valence-electron chi connectivity index (χ0n) is 53.6. The number of ether oxygens (including phenoxy) is 1. The van der Waals surface area contributed by atoms with Crippen LogP contribution in [0.2, 0.25) is 0 Å². The number of benzene rings is 7. The molecule has 1 fully saturated rings. The third-order valence-electron chi connectivity index (χ3n) is 14.5. The molecule has 73 heavy (non-hydrogen) atoms. The topological polar surface area (TPSA) is 32.0 Å². The number of hydrogen-bond donors (Lipinski definition) is 0. The summed E-state index contributed by atoms with van der Waals surface area (Å²) in [5, 5.41) is 1.49. The van der Waals surface area contributed by atoms with Gasteiger partial charge in [0.1, 0.15) is 11.5 Å². The summed E-state index contributed by atoms with van der Waals surface area (Å²) in [5.74, 6) is 1.48. The summed E-state index contributed by atoms with van der Waals surface area (Å²) in [6, 6.07) is 36.1. The summed E-state index contributed by atoms with van der Waals surface area (Å²) in [6.07, 6.45) is 0.0974. The summed E-state index contributed by atoms with van der Waals surface area (Å²) in [7, 11) is 0. The Balaban J connectivity index is 0.00000721. The Morgan fingerprint density at radius 1 is 0.616 bits per heavy atom. The van der Waals surface area contributed by atoms with Gasteiger partial charge in [-0.3, -0.25) is 4.48 Å². The van der Waals surface area contributed by atoms with Crippen LogP contribution in [-0.4, -0.2) is 20.8 Å². The Bertz CT molecular complexity index is 4290. The van der Waals surface area contributed by atoms with E-state index in [2.05, 4.69) is 118 Å². The molecule has 0 N–H and O–H groups in total. The van der Waals surface area contributed by atoms with Crippen LogP contribution in [-0.2, 0) is 43.7 Å². The van der Waals surface area contributed by atoms with E-state index in [0.29, 0.717) is 49.7 Å². The van der Waals surface area contributed by atoms with Gasteiger partial charge in [0.2, 0.25) is 0 Å². The minimum Gasteiger partial charge on any atom is -0.509 e. The molecule has 6 heterocycles. The second kappa shape index (κ2) is 16.9. The predicted octanol–water partition coefficient (Wildman–Crippen LogP) is 17.5. The van der Waals surface area contributed by atoms with Gasteiger partial charge in [-0.15, -0.1) is 29.7 Å². The average Bonchev–Trinajstić information content (AvgIpc) is 1.57. The Hall–Kier alpha value is -6.30. The fourth-order valence-electron chi connectivity index (χ4n) is 10.8. The molecule has 3 aliphatic rings. The van der Waals surface area contributed by atoms with Gasteiger partial charge in [-0.25, -0.2) is 4.98 Å². The van der Waals surface area contributed by atoms with Crippen LogP contribution in [0.4, 0.5) is 22.7 Å². The maximum absolute atomic E-state index is 9.76. The van der Waals surface area contributed by atoms with Crippen molar-refractivity contribution >= 4 is 66.4 Å². The van der Waals surface area contributed by atoms with Crippen molar-refractivity contribution in [3.8, 4) is 23.0 Å². The monoisotopic (exact) mass is 1150 g/mol. The molecule has 3 aliphatic heterocycles. The fourth-order valence-corrected chi connectivity index (χ4v) is 10.8. The second-order valence-corrected chi connectivity index (χ2v) is 23.9. The van der Waals surface area contributed by atoms with Crippen molar-refractivity contribution in [2.24, 2.45) is 5.41 Å². The summed E-state index contributed by atoms with van der Waals surface area (Å²) in [6.45, 7) is 28.7. The average molecular weight is 1150 g/mol. The van der Waals surface area contributed by atoms with Gasteiger partial charge in [-0.1, -0.05) is 149 Å². The van der Waals surface area contributed by atoms with Crippen molar-refractivity contribution in [2.75, 3.05) is 6.67 Å². The maximum atomic E-state index is 9.76. The zero-order valence-corrected chi connectivity index (χ0v) is 45.8. The fraction of sp³-hybridized carbons (Fsp3) is 0.273. The minimum absolute atomic E-state index is 0. The number of rotatable bonds is 7. The second-order valence-electron chi connectivity index (χ2n) is 23.9. The van der Waals surface area contributed by atoms with Crippen LogP contribution in [0, 0.1) is 24.2 Å². The summed E-state index contributed by atoms with van der Waals surface area (Å²) in [5.41, 5.74) is 8.66. The van der Waals surface area contributed by atoms with E-state index in [1.807, 2.05) is 79.9 Å². The molecule has 0 aliphatic carbocycles. The molecule has 6 nitrogen and oxygen atoms in total. The third kappa shape index (κ3) is 7.99. The first-order valence-corrected chi connectivity index (χ1v) is 24.8. The SMILES string of the molecule is [2H]c1c([2H])c([2H])c2c(c1[2H])c1c([2H])c([2H])c([2H])c([2H])c1n2-c1ccc2c(c1)c1ccc(Oc3[c-]c([N@@+]45[CH-][N@@+](c6cc(C(C)(C)C)cc(C(C)(C)C)c6)(C4)c4c(C([2H])([2H])C(C)(C)C)cccc45)ccc3)[c-]c1n2-c1cc(C(C)(C)C)ccn1.[Pt]. The first kappa shape index (κ1) is 38.3. The Kier molecular flexibility index (Phi) is 8.85. The van der Waals surface area contributed by atoms with E-state index in [4.69, 9.17) is 20.7 Å². The van der Waals surface area contributed by atoms with Crippen LogP contribution < -0.4 is 13.7 Å². The summed E-state index contributed by atoms with van der Waals surface area (Å²) < 4.78 is 101. The number of quaternary nitrogens is 2. The predicted molar refractivity (Wildman–Crippen MR) is 301 cm³/mol. The maximum Gasteiger partial charge on any atom is 0.184 e. The largest absolute Gasteiger partial charge is 0.509 e. The van der Waals surface area contributed by atoms with Crippen molar-refractivity contribution in [3.05, 3.63) is 193 Å². The van der Waals surface area contributed by atoms with Crippen molar-refractivity contribution in [2.45, 2.75) is 106 Å². The van der Waals surface area contributed by atoms with Crippen LogP contribution in [0.1, 0.15) is 119 Å². The van der Waals surface area contributed by atoms with Crippen molar-refractivity contribution in [1.29, 1.82) is 0 Å². The number of pyridine rings is 1. The van der Waals surface area contributed by atoms with E-state index in [1.165, 1.54) is 15.7 Å². The van der Waals surface area contributed by atoms with Gasteiger partial charge in [-0.2, -0.15) is 12.1 Å². The van der Waals surface area contributed by atoms with Crippen LogP contribution in [0.5, 0.6) is 11.5 Å². The molecule has 0 amide bonds. The van der Waals surface area contributed by atoms with Crippen LogP contribution >= 0.6 is 0 Å². The first-order chi connectivity index (χ1) is 38.2. The molecule has 372 valence electrons. The molecule has 7 heteroatoms. The number of fused-ring (bicyclic) bond motifs is 6. The van der Waals surface area contributed by atoms with Crippen molar-refractivity contribution in [1.82, 2.24) is 23.1 Å². The molecular formula is C66H66N5OPt-. The molecular weight excluding hydrogens is 1070 g/mol. The molecule has 1 saturated heterocycles. The number of para-hydroxylation sites is 3. The van der Waals surface area contributed by atoms with Gasteiger partial charge < -0.3 is 18.4 Å². The van der Waals surface area contributed by atoms with Crippen molar-refractivity contribution in [3.63, 3.8) is 0 Å². The quantitative estimate of drug-likeness (QED) is 0.118. The standard InChI is InChI=1S/C66H66N5O.Pt/c1-63(2,3)40-43-19-17-26-60-62(43)71(49-34-45(65(7,8)9)33-46(35-49)66(10,11)12)41-70(60,42-71)48-20-18-21-50(38-48)72-51-28-29-54-55-37-47(68-56-24-15-13-22-52(56)53-23-14-16-25-57(53)68)27-30-58(55)69(59(54)39-51)61-36-44(31-32-67-61)64(4,5)6;/h13-37,41H,40,42H2,1-12H3;/q-1;/t70-,71+;/m1./s1/i13D,14D,15D,16D,22D,23D,24D,25D,40D2;. The van der Waals surface area contributed by atoms with Gasteiger partial charge in [0.15, 0.2) is 18.0 Å². The molecule has 3 aromatic heterocycles.